The van der Waals surface area contributed by atoms with E-state index in [1.807, 2.05) is 0 Å². The summed E-state index contributed by atoms with van der Waals surface area (Å²) in [6.45, 7) is 0.835. The minimum absolute atomic E-state index is 0.115. The summed E-state index contributed by atoms with van der Waals surface area (Å²) in [5.74, 6) is 0. The van der Waals surface area contributed by atoms with Gasteiger partial charge in [0.05, 0.1) is 10.3 Å². The van der Waals surface area contributed by atoms with E-state index in [0.29, 0.717) is 24.9 Å². The van der Waals surface area contributed by atoms with Gasteiger partial charge in [-0.25, -0.2) is 4.68 Å². The zero-order chi connectivity index (χ0) is 13.1. The fraction of sp³-hybridized carbons (Fsp3) is 0.300. The van der Waals surface area contributed by atoms with E-state index in [9.17, 15) is 14.9 Å². The van der Waals surface area contributed by atoms with E-state index in [1.54, 1.807) is 0 Å². The number of nitro groups is 1. The number of hydrogen-bond acceptors (Lipinski definition) is 6. The van der Waals surface area contributed by atoms with Crippen LogP contribution in [-0.4, -0.2) is 26.5 Å². The Morgan fingerprint density at radius 1 is 1.44 bits per heavy atom. The number of nitro benzene ring substituents is 1. The Morgan fingerprint density at radius 2 is 2.22 bits per heavy atom. The molecular formula is C10H11N5O3. The highest BCUT2D eigenvalue weighted by Gasteiger charge is 2.10. The summed E-state index contributed by atoms with van der Waals surface area (Å²) in [7, 11) is 0. The van der Waals surface area contributed by atoms with Crippen molar-refractivity contribution in [2.24, 2.45) is 5.73 Å². The second-order valence-electron chi connectivity index (χ2n) is 3.72. The van der Waals surface area contributed by atoms with Gasteiger partial charge in [-0.2, -0.15) is 0 Å². The molecule has 8 heteroatoms. The Morgan fingerprint density at radius 3 is 2.89 bits per heavy atom. The molecule has 0 atom stereocenters. The van der Waals surface area contributed by atoms with Gasteiger partial charge in [0, 0.05) is 18.7 Å². The van der Waals surface area contributed by atoms with Gasteiger partial charge in [-0.1, -0.05) is 5.21 Å². The van der Waals surface area contributed by atoms with Gasteiger partial charge in [0.1, 0.15) is 5.52 Å². The highest BCUT2D eigenvalue weighted by Crippen LogP contribution is 2.15. The van der Waals surface area contributed by atoms with Crippen LogP contribution in [0.1, 0.15) is 6.42 Å². The summed E-state index contributed by atoms with van der Waals surface area (Å²) in [4.78, 5) is 22.0. The minimum Gasteiger partial charge on any atom is -0.330 e. The Labute approximate surface area is 101 Å². The number of hydrogen-bond donors (Lipinski definition) is 1. The van der Waals surface area contributed by atoms with Crippen LogP contribution in [0.4, 0.5) is 5.69 Å². The second-order valence-corrected chi connectivity index (χ2v) is 3.72. The highest BCUT2D eigenvalue weighted by atomic mass is 16.6. The molecule has 0 aliphatic heterocycles. The van der Waals surface area contributed by atoms with Gasteiger partial charge in [-0.3, -0.25) is 14.9 Å². The fourth-order valence-corrected chi connectivity index (χ4v) is 1.57. The van der Waals surface area contributed by atoms with E-state index < -0.39 is 4.92 Å². The molecule has 0 aliphatic carbocycles. The van der Waals surface area contributed by atoms with Crippen LogP contribution in [0, 0.1) is 10.1 Å². The summed E-state index contributed by atoms with van der Waals surface area (Å²) in [6.07, 6.45) is 0.618. The number of rotatable bonds is 4. The SMILES string of the molecule is NCCCn1nnc2cc([N+](=O)[O-])ccc2c1=O. The monoisotopic (exact) mass is 249 g/mol. The number of benzene rings is 1. The Kier molecular flexibility index (Phi) is 3.28. The molecule has 2 N–H and O–H groups in total. The van der Waals surface area contributed by atoms with Gasteiger partial charge >= 0.3 is 0 Å². The maximum absolute atomic E-state index is 12.0. The number of non-ortho nitro benzene ring substituents is 1. The highest BCUT2D eigenvalue weighted by molar-refractivity contribution is 5.79. The molecule has 0 unspecified atom stereocenters. The third-order valence-corrected chi connectivity index (χ3v) is 2.49. The van der Waals surface area contributed by atoms with Crippen molar-refractivity contribution in [2.75, 3.05) is 6.54 Å². The number of fused-ring (bicyclic) bond motifs is 1. The standard InChI is InChI=1S/C10H11N5O3/c11-4-1-5-14-10(16)8-3-2-7(15(17)18)6-9(8)12-13-14/h2-3,6H,1,4-5,11H2. The van der Waals surface area contributed by atoms with Crippen molar-refractivity contribution in [2.45, 2.75) is 13.0 Å². The van der Waals surface area contributed by atoms with E-state index in [2.05, 4.69) is 10.3 Å². The van der Waals surface area contributed by atoms with Gasteiger partial charge in [-0.05, 0) is 19.0 Å². The lowest BCUT2D eigenvalue weighted by Gasteiger charge is -2.03. The maximum atomic E-state index is 12.0. The average molecular weight is 249 g/mol. The van der Waals surface area contributed by atoms with E-state index in [4.69, 9.17) is 5.73 Å². The van der Waals surface area contributed by atoms with Crippen LogP contribution in [0.15, 0.2) is 23.0 Å². The molecule has 0 amide bonds. The smallest absolute Gasteiger partial charge is 0.277 e. The number of aromatic nitrogens is 3. The first-order valence-electron chi connectivity index (χ1n) is 5.35. The van der Waals surface area contributed by atoms with Gasteiger partial charge in [-0.15, -0.1) is 5.10 Å². The Hall–Kier alpha value is -2.35. The molecule has 18 heavy (non-hydrogen) atoms. The molecule has 0 spiro atoms. The molecule has 1 aromatic heterocycles. The summed E-state index contributed by atoms with van der Waals surface area (Å²) in [5.41, 5.74) is 5.14. The summed E-state index contributed by atoms with van der Waals surface area (Å²) >= 11 is 0. The molecule has 2 aromatic rings. The lowest BCUT2D eigenvalue weighted by atomic mass is 10.2. The van der Waals surface area contributed by atoms with Crippen LogP contribution in [0.25, 0.3) is 10.9 Å². The van der Waals surface area contributed by atoms with Crippen molar-refractivity contribution in [3.63, 3.8) is 0 Å². The normalized spacial score (nSPS) is 10.7. The third kappa shape index (κ3) is 2.18. The van der Waals surface area contributed by atoms with Crippen molar-refractivity contribution in [1.82, 2.24) is 15.0 Å². The molecule has 1 aromatic carbocycles. The average Bonchev–Trinajstić information content (AvgIpc) is 2.37. The maximum Gasteiger partial charge on any atom is 0.277 e. The fourth-order valence-electron chi connectivity index (χ4n) is 1.57. The number of nitrogens with two attached hydrogens (primary N) is 1. The van der Waals surface area contributed by atoms with Gasteiger partial charge in [0.15, 0.2) is 0 Å². The van der Waals surface area contributed by atoms with Crippen LogP contribution < -0.4 is 11.3 Å². The largest absolute Gasteiger partial charge is 0.330 e. The van der Waals surface area contributed by atoms with E-state index in [0.717, 1.165) is 0 Å². The first kappa shape index (κ1) is 12.1. The van der Waals surface area contributed by atoms with Crippen LogP contribution >= 0.6 is 0 Å². The van der Waals surface area contributed by atoms with Crippen molar-refractivity contribution in [3.8, 4) is 0 Å². The molecule has 0 aliphatic rings. The van der Waals surface area contributed by atoms with E-state index >= 15 is 0 Å². The quantitative estimate of drug-likeness (QED) is 0.604. The first-order chi connectivity index (χ1) is 8.63. The number of aryl methyl sites for hydroxylation is 1. The van der Waals surface area contributed by atoms with Crippen LogP contribution in [0.5, 0.6) is 0 Å². The molecule has 0 fully saturated rings. The van der Waals surface area contributed by atoms with Crippen LogP contribution in [-0.2, 0) is 6.54 Å². The Balaban J connectivity index is 2.52. The van der Waals surface area contributed by atoms with Crippen LogP contribution in [0.3, 0.4) is 0 Å². The van der Waals surface area contributed by atoms with Crippen molar-refractivity contribution in [3.05, 3.63) is 38.7 Å². The van der Waals surface area contributed by atoms with Gasteiger partial charge in [0.25, 0.3) is 11.2 Å². The molecule has 0 bridgehead atoms. The molecule has 94 valence electrons. The van der Waals surface area contributed by atoms with Crippen molar-refractivity contribution >= 4 is 16.6 Å². The first-order valence-corrected chi connectivity index (χ1v) is 5.35. The third-order valence-electron chi connectivity index (χ3n) is 2.49. The van der Waals surface area contributed by atoms with Crippen LogP contribution in [0.2, 0.25) is 0 Å². The summed E-state index contributed by atoms with van der Waals surface area (Å²) < 4.78 is 1.21. The molecular weight excluding hydrogens is 238 g/mol. The number of nitrogens with zero attached hydrogens (tertiary/aromatic N) is 4. The summed E-state index contributed by atoms with van der Waals surface area (Å²) in [5, 5.41) is 18.4. The lowest BCUT2D eigenvalue weighted by molar-refractivity contribution is -0.384. The molecule has 2 rings (SSSR count). The summed E-state index contributed by atoms with van der Waals surface area (Å²) in [6, 6.07) is 3.90. The molecule has 1 heterocycles. The molecule has 0 saturated carbocycles. The zero-order valence-corrected chi connectivity index (χ0v) is 9.44. The zero-order valence-electron chi connectivity index (χ0n) is 9.44. The van der Waals surface area contributed by atoms with Crippen molar-refractivity contribution in [1.29, 1.82) is 0 Å². The second kappa shape index (κ2) is 4.88. The topological polar surface area (TPSA) is 117 Å². The van der Waals surface area contributed by atoms with Gasteiger partial charge < -0.3 is 5.73 Å². The van der Waals surface area contributed by atoms with E-state index in [1.165, 1.54) is 22.9 Å². The van der Waals surface area contributed by atoms with E-state index in [-0.39, 0.29) is 16.8 Å². The lowest BCUT2D eigenvalue weighted by Crippen LogP contribution is -2.25. The molecule has 0 saturated heterocycles. The van der Waals surface area contributed by atoms with Gasteiger partial charge in [0.2, 0.25) is 0 Å². The Bertz CT molecular complexity index is 651. The molecule has 0 radical (unpaired) electrons. The molecule has 8 nitrogen and oxygen atoms in total. The predicted molar refractivity (Wildman–Crippen MR) is 64.1 cm³/mol. The predicted octanol–water partition coefficient (Wildman–Crippen LogP) is 0.0485. The minimum atomic E-state index is -0.541. The van der Waals surface area contributed by atoms with Crippen molar-refractivity contribution < 1.29 is 4.92 Å².